The molecule has 4 fully saturated rings. The number of benzene rings is 2. The van der Waals surface area contributed by atoms with E-state index in [4.69, 9.17) is 17.0 Å². The summed E-state index contributed by atoms with van der Waals surface area (Å²) in [7, 11) is 0. The van der Waals surface area contributed by atoms with Crippen LogP contribution < -0.4 is 20.9 Å². The van der Waals surface area contributed by atoms with E-state index in [9.17, 15) is 37.6 Å². The monoisotopic (exact) mass is 810 g/mol. The Balaban J connectivity index is 0.943. The SMILES string of the molecule is C[C@@H]1CN(CCO[C@H]2CC[C@H](N3C(=S)N(c4ccc(C#N)c(C(F)(F)F)c4)C(=O)C3(C)C)CC2)C[C@H](C)N1CC(=O)Nc1cccc(NC2CCC(=O)NC2=O)c1. The Bertz CT molecular complexity index is 1920. The van der Waals surface area contributed by atoms with Crippen LogP contribution in [0.2, 0.25) is 0 Å². The first kappa shape index (κ1) is 42.0. The number of carbonyl (C=O) groups is 4. The van der Waals surface area contributed by atoms with Crippen LogP contribution >= 0.6 is 12.2 Å². The Kier molecular flexibility index (Phi) is 12.6. The molecule has 2 aromatic carbocycles. The molecule has 3 aliphatic heterocycles. The van der Waals surface area contributed by atoms with Gasteiger partial charge in [-0.2, -0.15) is 18.4 Å². The van der Waals surface area contributed by atoms with Crippen LogP contribution in [0.4, 0.5) is 30.2 Å². The second-order valence-corrected chi connectivity index (χ2v) is 16.3. The van der Waals surface area contributed by atoms with E-state index in [0.29, 0.717) is 37.2 Å². The summed E-state index contributed by atoms with van der Waals surface area (Å²) >= 11 is 5.74. The maximum Gasteiger partial charge on any atom is 0.417 e. The molecule has 3 N–H and O–H groups in total. The molecule has 3 heterocycles. The molecule has 3 saturated heterocycles. The summed E-state index contributed by atoms with van der Waals surface area (Å²) in [4.78, 5) is 57.9. The molecule has 306 valence electrons. The van der Waals surface area contributed by atoms with Gasteiger partial charge < -0.3 is 20.3 Å². The van der Waals surface area contributed by atoms with E-state index in [1.54, 1.807) is 38.1 Å². The number of halogens is 3. The fourth-order valence-electron chi connectivity index (χ4n) is 8.52. The summed E-state index contributed by atoms with van der Waals surface area (Å²) in [5.41, 5.74) is -1.43. The number of amides is 4. The number of hydrogen-bond donors (Lipinski definition) is 3. The minimum atomic E-state index is -4.76. The zero-order valence-electron chi connectivity index (χ0n) is 32.5. The molecule has 0 bridgehead atoms. The van der Waals surface area contributed by atoms with E-state index in [2.05, 4.69) is 39.6 Å². The van der Waals surface area contributed by atoms with Crippen LogP contribution in [-0.4, -0.2) is 112 Å². The molecule has 6 rings (SSSR count). The largest absolute Gasteiger partial charge is 0.417 e. The molecule has 3 atom stereocenters. The van der Waals surface area contributed by atoms with Crippen molar-refractivity contribution < 1.29 is 37.1 Å². The molecule has 13 nitrogen and oxygen atoms in total. The Hall–Kier alpha value is -4.63. The van der Waals surface area contributed by atoms with Gasteiger partial charge in [-0.3, -0.25) is 39.2 Å². The maximum absolute atomic E-state index is 13.7. The molecular weight excluding hydrogens is 762 g/mol. The molecule has 4 aliphatic rings. The maximum atomic E-state index is 13.7. The number of nitrogens with zero attached hydrogens (tertiary/aromatic N) is 5. The third-order valence-electron chi connectivity index (χ3n) is 11.4. The fraction of sp³-hybridized carbons (Fsp3) is 0.550. The summed E-state index contributed by atoms with van der Waals surface area (Å²) in [6, 6.07) is 11.6. The number of carbonyl (C=O) groups excluding carboxylic acids is 4. The fourth-order valence-corrected chi connectivity index (χ4v) is 9.08. The predicted octanol–water partition coefficient (Wildman–Crippen LogP) is 4.87. The first-order valence-electron chi connectivity index (χ1n) is 19.3. The van der Waals surface area contributed by atoms with E-state index in [0.717, 1.165) is 49.5 Å². The minimum Gasteiger partial charge on any atom is -0.377 e. The topological polar surface area (TPSA) is 150 Å². The van der Waals surface area contributed by atoms with E-state index < -0.39 is 34.8 Å². The third-order valence-corrected chi connectivity index (χ3v) is 11.8. The smallest absolute Gasteiger partial charge is 0.377 e. The highest BCUT2D eigenvalue weighted by Gasteiger charge is 2.52. The van der Waals surface area contributed by atoms with Gasteiger partial charge in [-0.05, 0) is 108 Å². The number of alkyl halides is 3. The van der Waals surface area contributed by atoms with Crippen molar-refractivity contribution in [2.24, 2.45) is 0 Å². The second-order valence-electron chi connectivity index (χ2n) is 15.9. The van der Waals surface area contributed by atoms with Crippen molar-refractivity contribution >= 4 is 58.0 Å². The molecule has 0 spiro atoms. The Morgan fingerprint density at radius 2 is 1.70 bits per heavy atom. The normalized spacial score (nSPS) is 26.0. The van der Waals surface area contributed by atoms with Gasteiger partial charge in [0, 0.05) is 55.6 Å². The van der Waals surface area contributed by atoms with Gasteiger partial charge in [-0.1, -0.05) is 6.07 Å². The first-order valence-corrected chi connectivity index (χ1v) is 19.8. The van der Waals surface area contributed by atoms with Crippen LogP contribution in [0.15, 0.2) is 42.5 Å². The molecule has 17 heteroatoms. The minimum absolute atomic E-state index is 0.0134. The summed E-state index contributed by atoms with van der Waals surface area (Å²) in [6.07, 6.45) is -1.18. The van der Waals surface area contributed by atoms with Crippen molar-refractivity contribution in [1.29, 1.82) is 5.26 Å². The van der Waals surface area contributed by atoms with Gasteiger partial charge in [0.25, 0.3) is 5.91 Å². The quantitative estimate of drug-likeness (QED) is 0.211. The van der Waals surface area contributed by atoms with Crippen LogP contribution in [0, 0.1) is 11.3 Å². The van der Waals surface area contributed by atoms with Crippen LogP contribution in [-0.2, 0) is 30.1 Å². The molecular formula is C40H49F3N8O5S. The highest BCUT2D eigenvalue weighted by molar-refractivity contribution is 7.80. The summed E-state index contributed by atoms with van der Waals surface area (Å²) < 4.78 is 47.5. The number of piperazine rings is 1. The Morgan fingerprint density at radius 3 is 2.35 bits per heavy atom. The number of imide groups is 1. The molecule has 57 heavy (non-hydrogen) atoms. The lowest BCUT2D eigenvalue weighted by Gasteiger charge is -2.44. The van der Waals surface area contributed by atoms with E-state index >= 15 is 0 Å². The lowest BCUT2D eigenvalue weighted by Crippen LogP contribution is -2.58. The van der Waals surface area contributed by atoms with E-state index in [1.165, 1.54) is 6.07 Å². The zero-order chi connectivity index (χ0) is 41.2. The average Bonchev–Trinajstić information content (AvgIpc) is 3.32. The van der Waals surface area contributed by atoms with Gasteiger partial charge in [0.1, 0.15) is 11.6 Å². The lowest BCUT2D eigenvalue weighted by molar-refractivity contribution is -0.138. The van der Waals surface area contributed by atoms with E-state index in [1.807, 2.05) is 11.0 Å². The number of hydrogen-bond acceptors (Lipinski definition) is 10. The number of nitriles is 1. The molecule has 0 aromatic heterocycles. The molecule has 1 unspecified atom stereocenters. The number of anilines is 3. The summed E-state index contributed by atoms with van der Waals surface area (Å²) in [5.74, 6) is -1.20. The van der Waals surface area contributed by atoms with Crippen molar-refractivity contribution in [2.75, 3.05) is 48.3 Å². The van der Waals surface area contributed by atoms with Gasteiger partial charge in [0.05, 0.1) is 42.1 Å². The lowest BCUT2D eigenvalue weighted by atomic mass is 9.89. The van der Waals surface area contributed by atoms with Gasteiger partial charge in [-0.25, -0.2) is 0 Å². The Morgan fingerprint density at radius 1 is 1.02 bits per heavy atom. The van der Waals surface area contributed by atoms with Crippen molar-refractivity contribution in [3.8, 4) is 6.07 Å². The van der Waals surface area contributed by atoms with Crippen molar-refractivity contribution in [3.05, 3.63) is 53.6 Å². The van der Waals surface area contributed by atoms with Crippen molar-refractivity contribution in [3.63, 3.8) is 0 Å². The van der Waals surface area contributed by atoms with Crippen LogP contribution in [0.1, 0.15) is 77.3 Å². The van der Waals surface area contributed by atoms with Crippen LogP contribution in [0.3, 0.4) is 0 Å². The van der Waals surface area contributed by atoms with Gasteiger partial charge in [0.2, 0.25) is 17.7 Å². The highest BCUT2D eigenvalue weighted by Crippen LogP contribution is 2.40. The highest BCUT2D eigenvalue weighted by atomic mass is 32.1. The molecule has 0 radical (unpaired) electrons. The second kappa shape index (κ2) is 17.1. The average molecular weight is 811 g/mol. The van der Waals surface area contributed by atoms with E-state index in [-0.39, 0.29) is 65.7 Å². The standard InChI is InChI=1S/C40H49F3N8O5S/c1-24-21-48(22-25(2)49(24)23-35(53)46-28-7-5-6-27(18-28)45-33-14-15-34(52)47-36(33)54)16-17-56-31-12-10-29(11-13-31)51-38(57)50(37(55)39(51,3)4)30-9-8-26(20-44)32(19-30)40(41,42)43/h5-9,18-19,24-25,29,31,33,45H,10-17,21-23H2,1-4H3,(H,46,53)(H,47,52,54)/t24-,25+,29-,31-,33?. The van der Waals surface area contributed by atoms with Gasteiger partial charge in [0.15, 0.2) is 5.11 Å². The van der Waals surface area contributed by atoms with Crippen molar-refractivity contribution in [1.82, 2.24) is 20.0 Å². The van der Waals surface area contributed by atoms with Crippen LogP contribution in [0.25, 0.3) is 0 Å². The number of piperidine rings is 1. The van der Waals surface area contributed by atoms with Gasteiger partial charge >= 0.3 is 6.18 Å². The molecule has 2 aromatic rings. The predicted molar refractivity (Wildman–Crippen MR) is 211 cm³/mol. The number of rotatable bonds is 11. The number of thiocarbonyl (C=S) groups is 1. The third kappa shape index (κ3) is 9.41. The molecule has 4 amide bonds. The first-order chi connectivity index (χ1) is 27.0. The number of ether oxygens (including phenoxy) is 1. The Labute approximate surface area is 335 Å². The van der Waals surface area contributed by atoms with Gasteiger partial charge in [-0.15, -0.1) is 0 Å². The summed E-state index contributed by atoms with van der Waals surface area (Å²) in [6.45, 7) is 10.7. The summed E-state index contributed by atoms with van der Waals surface area (Å²) in [5, 5.41) is 17.8. The molecule has 1 saturated carbocycles. The zero-order valence-corrected chi connectivity index (χ0v) is 33.3. The number of nitrogens with one attached hydrogen (secondary N) is 3. The van der Waals surface area contributed by atoms with Crippen molar-refractivity contribution in [2.45, 2.75) is 108 Å². The van der Waals surface area contributed by atoms with Crippen LogP contribution in [0.5, 0.6) is 0 Å². The molecule has 1 aliphatic carbocycles.